The summed E-state index contributed by atoms with van der Waals surface area (Å²) in [5, 5.41) is 56.2. The summed E-state index contributed by atoms with van der Waals surface area (Å²) in [6.45, 7) is 13.3. The van der Waals surface area contributed by atoms with Crippen LogP contribution < -0.4 is 30.9 Å². The number of esters is 1. The van der Waals surface area contributed by atoms with E-state index in [4.69, 9.17) is 66.4 Å². The van der Waals surface area contributed by atoms with Gasteiger partial charge in [-0.25, -0.2) is 9.59 Å². The summed E-state index contributed by atoms with van der Waals surface area (Å²) in [6.07, 6.45) is -3.95. The molecule has 30 heteroatoms. The Kier molecular flexibility index (Phi) is 30.7. The number of methoxy groups -OCH3 is 5. The Bertz CT molecular complexity index is 3000. The molecule has 528 valence electrons. The Balaban J connectivity index is 1.08. The van der Waals surface area contributed by atoms with E-state index in [0.29, 0.717) is 45.1 Å². The molecule has 4 heterocycles. The summed E-state index contributed by atoms with van der Waals surface area (Å²) >= 11 is 1.53. The molecule has 2 aliphatic carbocycles. The fraction of sp³-hybridized carbons (Fsp3) is 0.662. The molecule has 6 aliphatic rings. The number of alkyl carbamates (subject to hydrolysis) is 1. The lowest BCUT2D eigenvalue weighted by atomic mass is 9.73. The summed E-state index contributed by atoms with van der Waals surface area (Å²) in [5.74, 6) is 9.09. The third-order valence-corrected chi connectivity index (χ3v) is 21.7. The first-order chi connectivity index (χ1) is 45.5. The van der Waals surface area contributed by atoms with Gasteiger partial charge in [0.1, 0.15) is 30.5 Å². The van der Waals surface area contributed by atoms with Gasteiger partial charge in [0, 0.05) is 68.1 Å². The molecule has 1 aromatic carbocycles. The van der Waals surface area contributed by atoms with E-state index in [1.807, 2.05) is 26.4 Å². The van der Waals surface area contributed by atoms with Gasteiger partial charge in [0.2, 0.25) is 5.78 Å². The number of carbonyl (C=O) groups is 4. The highest BCUT2D eigenvalue weighted by Gasteiger charge is 2.56. The van der Waals surface area contributed by atoms with Crippen molar-refractivity contribution in [3.05, 3.63) is 65.1 Å². The number of hydrogen-bond acceptors (Lipinski definition) is 28. The normalized spacial score (nSPS) is 32.7. The predicted octanol–water partition coefficient (Wildman–Crippen LogP) is 5.41. The third-order valence-electron chi connectivity index (χ3n) is 16.8. The van der Waals surface area contributed by atoms with Crippen molar-refractivity contribution in [1.82, 2.24) is 16.1 Å². The molecule has 0 radical (unpaired) electrons. The number of hydrogen-bond donors (Lipinski definition) is 8. The van der Waals surface area contributed by atoms with E-state index in [1.54, 1.807) is 13.2 Å². The predicted molar refractivity (Wildman–Crippen MR) is 358 cm³/mol. The summed E-state index contributed by atoms with van der Waals surface area (Å²) in [7, 11) is 11.1. The smallest absolute Gasteiger partial charge is 0.411 e. The molecule has 2 bridgehead atoms. The van der Waals surface area contributed by atoms with Gasteiger partial charge in [0.15, 0.2) is 47.8 Å². The number of thioether (sulfide) groups is 1. The van der Waals surface area contributed by atoms with Gasteiger partial charge < -0.3 is 92.6 Å². The van der Waals surface area contributed by atoms with Crippen LogP contribution in [-0.2, 0) is 66.5 Å². The number of nitrogens with one attached hydrogen (secondary N) is 4. The Hall–Kier alpha value is -4.62. The van der Waals surface area contributed by atoms with Gasteiger partial charge in [-0.15, -0.1) is 0 Å². The first-order valence-corrected chi connectivity index (χ1v) is 36.8. The minimum absolute atomic E-state index is 0.00105. The molecule has 1 aromatic rings. The van der Waals surface area contributed by atoms with Crippen molar-refractivity contribution in [2.45, 2.75) is 207 Å². The van der Waals surface area contributed by atoms with Crippen LogP contribution in [0.4, 0.5) is 10.5 Å². The number of allylic oxidation sites excluding steroid dienone is 2. The molecule has 95 heavy (non-hydrogen) atoms. The summed E-state index contributed by atoms with van der Waals surface area (Å²) in [4.78, 5) is 61.8. The molecule has 7 rings (SSSR count). The van der Waals surface area contributed by atoms with E-state index in [0.717, 1.165) is 7.11 Å². The molecule has 26 nitrogen and oxygen atoms in total. The van der Waals surface area contributed by atoms with Crippen molar-refractivity contribution in [3.8, 4) is 35.2 Å². The van der Waals surface area contributed by atoms with Crippen molar-refractivity contribution >= 4 is 72.6 Å². The van der Waals surface area contributed by atoms with Crippen molar-refractivity contribution < 1.29 is 106 Å². The SMILES string of the molecule is C=C(OC)C(=O)Nc1cc(OC)c(OC)cc1C(=O)O[C@H]1CC(O[C@@H]2C(=O)C(NC(=O)OC)=C3C(=CCSSSC)[C@]2(O)C#CC=CC#C[C@@H]3OCCCCCC[C@@H]2O[C@H](C)[C@@H](NO[C@H]3C[C@H](O)[C@H](SC)[C@@H](C)O3)[C@H](O)[C@H]2O[C@H]2C[C@H](OC)[C@@H](NC(C)C)CO2)O[C@@H](C)[C@@H]1O. The molecule has 2 amide bonds. The largest absolute Gasteiger partial charge is 0.493 e. The maximum Gasteiger partial charge on any atom is 0.411 e. The van der Waals surface area contributed by atoms with Gasteiger partial charge in [0.05, 0.1) is 106 Å². The number of ether oxygens (including phenoxy) is 13. The van der Waals surface area contributed by atoms with E-state index in [1.165, 1.54) is 95.7 Å². The maximum absolute atomic E-state index is 15.3. The maximum atomic E-state index is 15.3. The van der Waals surface area contributed by atoms with Crippen molar-refractivity contribution in [2.24, 2.45) is 0 Å². The second-order valence-corrected chi connectivity index (χ2v) is 28.9. The van der Waals surface area contributed by atoms with Gasteiger partial charge in [-0.05, 0) is 68.1 Å². The molecule has 0 spiro atoms. The second kappa shape index (κ2) is 37.5. The lowest BCUT2D eigenvalue weighted by molar-refractivity contribution is -0.295. The minimum atomic E-state index is -2.50. The van der Waals surface area contributed by atoms with Gasteiger partial charge in [-0.3, -0.25) is 19.7 Å². The van der Waals surface area contributed by atoms with Crippen LogP contribution >= 0.6 is 43.2 Å². The highest BCUT2D eigenvalue weighted by Crippen LogP contribution is 2.43. The van der Waals surface area contributed by atoms with Crippen molar-refractivity contribution in [1.29, 1.82) is 0 Å². The average molecular weight is 1410 g/mol. The molecule has 0 saturated carbocycles. The number of aliphatic hydroxyl groups is 4. The number of anilines is 1. The van der Waals surface area contributed by atoms with Crippen LogP contribution in [-0.4, -0.2) is 232 Å². The molecule has 19 atom stereocenters. The number of unbranched alkanes of at least 4 members (excludes halogenated alkanes) is 3. The fourth-order valence-electron chi connectivity index (χ4n) is 12.0. The lowest BCUT2D eigenvalue weighted by Crippen LogP contribution is -2.64. The van der Waals surface area contributed by atoms with Crippen LogP contribution in [0.1, 0.15) is 96.3 Å². The van der Waals surface area contributed by atoms with Crippen LogP contribution in [0.2, 0.25) is 0 Å². The van der Waals surface area contributed by atoms with E-state index in [-0.39, 0.29) is 93.7 Å². The molecular formula is C65H92N4O22S4. The van der Waals surface area contributed by atoms with Gasteiger partial charge in [-0.2, -0.15) is 17.2 Å². The van der Waals surface area contributed by atoms with Gasteiger partial charge >= 0.3 is 12.1 Å². The molecular weight excluding hydrogens is 1320 g/mol. The van der Waals surface area contributed by atoms with Gasteiger partial charge in [-0.1, -0.05) is 91.0 Å². The highest BCUT2D eigenvalue weighted by molar-refractivity contribution is 9.09. The summed E-state index contributed by atoms with van der Waals surface area (Å²) < 4.78 is 77.5. The number of Topliss-reactive ketones (excluding diaryl/α,β-unsaturated/α-hetero) is 1. The van der Waals surface area contributed by atoms with Crippen molar-refractivity contribution in [3.63, 3.8) is 0 Å². The third kappa shape index (κ3) is 20.3. The van der Waals surface area contributed by atoms with E-state index >= 15 is 4.79 Å². The van der Waals surface area contributed by atoms with Crippen LogP contribution in [0, 0.1) is 23.7 Å². The zero-order valence-corrected chi connectivity index (χ0v) is 58.9. The Labute approximate surface area is 571 Å². The standard InChI is InChI=1S/C65H92N4O22S4/c1-34(2)66-42-33-84-50(31-46(42)79-8)89-59-45(85-35(3)54(57(59)72)69-91-52-30-43(70)60(92-12)37(5)87-52)23-19-15-17-21-26-83-44-22-18-14-16-20-25-65(77)40(24-27-94-95-93-13)53(44)55(68-64(76)82-11)58(73)61(65)90-51-32-49(56(71)36(4)86-51)88-63(75)39-28-47(80-9)48(81-10)29-41(39)67-62(74)38(6)78-7/h14,16,24,28-29,34-37,42-46,49-52,54,56-57,59-61,66,69-72,77H,6,15,17,19,21,23,26-27,30-33H2,1-5,7-13H3,(H,67,74)(H,68,76)/t35-,36+,37-,42+,43+,44+,45+,46+,49+,50+,51?,52+,54-,56+,57+,59+,60-,61-,65-/m1/s1. The molecule has 4 fully saturated rings. The van der Waals surface area contributed by atoms with Crippen molar-refractivity contribution in [2.75, 3.05) is 72.3 Å². The van der Waals surface area contributed by atoms with Crippen LogP contribution in [0.25, 0.3) is 0 Å². The van der Waals surface area contributed by atoms with Gasteiger partial charge in [0.25, 0.3) is 5.91 Å². The minimum Gasteiger partial charge on any atom is -0.493 e. The zero-order valence-electron chi connectivity index (χ0n) is 55.6. The van der Waals surface area contributed by atoms with E-state index in [2.05, 4.69) is 65.5 Å². The first kappa shape index (κ1) is 77.7. The monoisotopic (exact) mass is 1410 g/mol. The zero-order chi connectivity index (χ0) is 69.1. The van der Waals surface area contributed by atoms with Crippen LogP contribution in [0.3, 0.4) is 0 Å². The second-order valence-electron chi connectivity index (χ2n) is 23.5. The summed E-state index contributed by atoms with van der Waals surface area (Å²) in [5.41, 5.74) is -0.122. The van der Waals surface area contributed by atoms with Crippen LogP contribution in [0.5, 0.6) is 11.5 Å². The number of rotatable bonds is 31. The van der Waals surface area contributed by atoms with E-state index < -0.39 is 122 Å². The molecule has 8 N–H and O–H groups in total. The molecule has 0 aromatic heterocycles. The number of benzene rings is 1. The Morgan fingerprint density at radius 1 is 0.842 bits per heavy atom. The van der Waals surface area contributed by atoms with E-state index in [9.17, 15) is 34.8 Å². The number of fused-ring (bicyclic) bond motifs is 2. The number of amides is 2. The molecule has 4 aliphatic heterocycles. The topological polar surface area (TPSA) is 327 Å². The fourth-order valence-corrected chi connectivity index (χ4v) is 15.2. The number of ketones is 1. The Morgan fingerprint density at radius 3 is 2.24 bits per heavy atom. The number of hydroxylamine groups is 1. The quantitative estimate of drug-likeness (QED) is 0.00876. The summed E-state index contributed by atoms with van der Waals surface area (Å²) in [6, 6.07) is 1.98. The van der Waals surface area contributed by atoms with Crippen LogP contribution in [0.15, 0.2) is 59.5 Å². The Morgan fingerprint density at radius 2 is 1.56 bits per heavy atom. The average Bonchev–Trinajstić information content (AvgIpc) is 0.736. The molecule has 4 saturated heterocycles. The first-order valence-electron chi connectivity index (χ1n) is 31.4. The lowest BCUT2D eigenvalue weighted by Gasteiger charge is -2.46. The molecule has 1 unspecified atom stereocenters. The number of aliphatic hydroxyl groups excluding tert-OH is 3. The highest BCUT2D eigenvalue weighted by atomic mass is 33.5. The number of carbonyl (C=O) groups excluding carboxylic acids is 4.